The summed E-state index contributed by atoms with van der Waals surface area (Å²) in [5, 5.41) is 11.5. The highest BCUT2D eigenvalue weighted by Gasteiger charge is 2.16. The molecule has 0 aromatic carbocycles. The maximum atomic E-state index is 5.07. The van der Waals surface area contributed by atoms with Crippen molar-refractivity contribution in [1.82, 2.24) is 25.3 Å². The van der Waals surface area contributed by atoms with E-state index in [0.29, 0.717) is 5.88 Å². The van der Waals surface area contributed by atoms with Crippen LogP contribution in [0.2, 0.25) is 0 Å². The number of pyridine rings is 1. The molecule has 108 valence electrons. The topological polar surface area (TPSA) is 64.9 Å². The molecule has 0 fully saturated rings. The SMILES string of the molecule is CCCn1nncc1C(Cc1ccc(OC)nc1)NC. The van der Waals surface area contributed by atoms with Gasteiger partial charge in [-0.2, -0.15) is 0 Å². The first-order valence-electron chi connectivity index (χ1n) is 6.83. The van der Waals surface area contributed by atoms with Crippen molar-refractivity contribution in [2.45, 2.75) is 32.4 Å². The van der Waals surface area contributed by atoms with E-state index in [1.54, 1.807) is 7.11 Å². The number of nitrogens with zero attached hydrogens (tertiary/aromatic N) is 4. The Labute approximate surface area is 119 Å². The van der Waals surface area contributed by atoms with Crippen LogP contribution in [0.3, 0.4) is 0 Å². The van der Waals surface area contributed by atoms with Gasteiger partial charge in [-0.15, -0.1) is 5.10 Å². The second kappa shape index (κ2) is 7.00. The van der Waals surface area contributed by atoms with Gasteiger partial charge in [0, 0.05) is 18.8 Å². The molecule has 6 nitrogen and oxygen atoms in total. The molecule has 0 bridgehead atoms. The van der Waals surface area contributed by atoms with Gasteiger partial charge in [0.15, 0.2) is 0 Å². The molecular formula is C14H21N5O. The Balaban J connectivity index is 2.13. The van der Waals surface area contributed by atoms with Gasteiger partial charge >= 0.3 is 0 Å². The maximum absolute atomic E-state index is 5.07. The van der Waals surface area contributed by atoms with Crippen LogP contribution >= 0.6 is 0 Å². The van der Waals surface area contributed by atoms with Crippen LogP contribution in [0.25, 0.3) is 0 Å². The van der Waals surface area contributed by atoms with Crippen molar-refractivity contribution in [1.29, 1.82) is 0 Å². The van der Waals surface area contributed by atoms with Crippen LogP contribution in [0.4, 0.5) is 0 Å². The van der Waals surface area contributed by atoms with Gasteiger partial charge in [-0.05, 0) is 25.5 Å². The van der Waals surface area contributed by atoms with Gasteiger partial charge in [0.05, 0.1) is 25.0 Å². The second-order valence-corrected chi connectivity index (χ2v) is 4.64. The fraction of sp³-hybridized carbons (Fsp3) is 0.500. The molecule has 0 spiro atoms. The number of ether oxygens (including phenoxy) is 1. The zero-order chi connectivity index (χ0) is 14.4. The summed E-state index contributed by atoms with van der Waals surface area (Å²) in [6.45, 7) is 3.02. The molecule has 1 N–H and O–H groups in total. The molecule has 0 saturated heterocycles. The van der Waals surface area contributed by atoms with E-state index in [2.05, 4.69) is 27.5 Å². The molecule has 0 radical (unpaired) electrons. The summed E-state index contributed by atoms with van der Waals surface area (Å²) in [6.07, 6.45) is 5.55. The molecule has 0 aliphatic rings. The first-order chi connectivity index (χ1) is 9.78. The smallest absolute Gasteiger partial charge is 0.212 e. The number of hydrogen-bond donors (Lipinski definition) is 1. The first kappa shape index (κ1) is 14.5. The molecule has 6 heteroatoms. The zero-order valence-corrected chi connectivity index (χ0v) is 12.2. The third-order valence-electron chi connectivity index (χ3n) is 3.24. The van der Waals surface area contributed by atoms with Crippen molar-refractivity contribution in [3.05, 3.63) is 35.8 Å². The quantitative estimate of drug-likeness (QED) is 0.831. The van der Waals surface area contributed by atoms with Gasteiger partial charge in [-0.3, -0.25) is 0 Å². The summed E-state index contributed by atoms with van der Waals surface area (Å²) >= 11 is 0. The van der Waals surface area contributed by atoms with Crippen LogP contribution in [0, 0.1) is 0 Å². The van der Waals surface area contributed by atoms with Crippen LogP contribution < -0.4 is 10.1 Å². The van der Waals surface area contributed by atoms with Gasteiger partial charge in [0.1, 0.15) is 0 Å². The third kappa shape index (κ3) is 3.33. The number of hydrogen-bond acceptors (Lipinski definition) is 5. The van der Waals surface area contributed by atoms with E-state index >= 15 is 0 Å². The third-order valence-corrected chi connectivity index (χ3v) is 3.24. The van der Waals surface area contributed by atoms with Crippen molar-refractivity contribution in [3.8, 4) is 5.88 Å². The minimum atomic E-state index is 0.173. The number of aryl methyl sites for hydroxylation is 1. The molecule has 0 amide bonds. The standard InChI is InChI=1S/C14H21N5O/c1-4-7-19-13(10-17-18-19)12(15-2)8-11-5-6-14(20-3)16-9-11/h5-6,9-10,12,15H,4,7-8H2,1-3H3. The Morgan fingerprint density at radius 1 is 1.35 bits per heavy atom. The lowest BCUT2D eigenvalue weighted by molar-refractivity contribution is 0.397. The first-order valence-corrected chi connectivity index (χ1v) is 6.83. The van der Waals surface area contributed by atoms with Gasteiger partial charge in [-0.1, -0.05) is 18.2 Å². The Hall–Kier alpha value is -1.95. The predicted molar refractivity (Wildman–Crippen MR) is 76.6 cm³/mol. The predicted octanol–water partition coefficient (Wildman–Crippen LogP) is 1.59. The Morgan fingerprint density at radius 3 is 2.80 bits per heavy atom. The van der Waals surface area contributed by atoms with E-state index in [1.165, 1.54) is 0 Å². The fourth-order valence-electron chi connectivity index (χ4n) is 2.16. The summed E-state index contributed by atoms with van der Waals surface area (Å²) in [5.74, 6) is 0.632. The average molecular weight is 275 g/mol. The van der Waals surface area contributed by atoms with Crippen LogP contribution in [0.5, 0.6) is 5.88 Å². The minimum Gasteiger partial charge on any atom is -0.481 e. The summed E-state index contributed by atoms with van der Waals surface area (Å²) in [4.78, 5) is 4.24. The largest absolute Gasteiger partial charge is 0.481 e. The molecule has 2 aromatic rings. The lowest BCUT2D eigenvalue weighted by atomic mass is 10.1. The molecule has 2 heterocycles. The highest BCUT2D eigenvalue weighted by molar-refractivity contribution is 5.20. The summed E-state index contributed by atoms with van der Waals surface area (Å²) in [6, 6.07) is 4.08. The fourth-order valence-corrected chi connectivity index (χ4v) is 2.16. The van der Waals surface area contributed by atoms with Crippen molar-refractivity contribution in [3.63, 3.8) is 0 Å². The zero-order valence-electron chi connectivity index (χ0n) is 12.2. The molecule has 0 aliphatic heterocycles. The van der Waals surface area contributed by atoms with Crippen LogP contribution in [0.15, 0.2) is 24.5 Å². The lowest BCUT2D eigenvalue weighted by Crippen LogP contribution is -2.22. The van der Waals surface area contributed by atoms with Crippen LogP contribution in [-0.4, -0.2) is 34.1 Å². The molecular weight excluding hydrogens is 254 g/mol. The van der Waals surface area contributed by atoms with E-state index in [0.717, 1.165) is 30.6 Å². The molecule has 2 aromatic heterocycles. The molecule has 20 heavy (non-hydrogen) atoms. The molecule has 0 saturated carbocycles. The Bertz CT molecular complexity index is 523. The molecule has 1 unspecified atom stereocenters. The lowest BCUT2D eigenvalue weighted by Gasteiger charge is -2.17. The van der Waals surface area contributed by atoms with E-state index in [-0.39, 0.29) is 6.04 Å². The average Bonchev–Trinajstić information content (AvgIpc) is 2.94. The Kier molecular flexibility index (Phi) is 5.06. The van der Waals surface area contributed by atoms with E-state index in [4.69, 9.17) is 4.74 Å². The van der Waals surface area contributed by atoms with E-state index < -0.39 is 0 Å². The van der Waals surface area contributed by atoms with Gasteiger partial charge < -0.3 is 10.1 Å². The number of methoxy groups -OCH3 is 1. The van der Waals surface area contributed by atoms with Gasteiger partial charge in [0.2, 0.25) is 5.88 Å². The van der Waals surface area contributed by atoms with Crippen molar-refractivity contribution < 1.29 is 4.74 Å². The van der Waals surface area contributed by atoms with Crippen molar-refractivity contribution in [2.24, 2.45) is 0 Å². The van der Waals surface area contributed by atoms with E-state index in [1.807, 2.05) is 36.3 Å². The molecule has 1 atom stereocenters. The molecule has 2 rings (SSSR count). The van der Waals surface area contributed by atoms with Crippen molar-refractivity contribution in [2.75, 3.05) is 14.2 Å². The van der Waals surface area contributed by atoms with Crippen LogP contribution in [0.1, 0.15) is 30.6 Å². The number of rotatable bonds is 7. The highest BCUT2D eigenvalue weighted by atomic mass is 16.5. The minimum absolute atomic E-state index is 0.173. The summed E-state index contributed by atoms with van der Waals surface area (Å²) < 4.78 is 7.03. The Morgan fingerprint density at radius 2 is 2.20 bits per heavy atom. The summed E-state index contributed by atoms with van der Waals surface area (Å²) in [5.41, 5.74) is 2.25. The number of aromatic nitrogens is 4. The van der Waals surface area contributed by atoms with Crippen molar-refractivity contribution >= 4 is 0 Å². The normalized spacial score (nSPS) is 12.3. The summed E-state index contributed by atoms with van der Waals surface area (Å²) in [7, 11) is 3.57. The van der Waals surface area contributed by atoms with Crippen LogP contribution in [-0.2, 0) is 13.0 Å². The maximum Gasteiger partial charge on any atom is 0.212 e. The molecule has 0 aliphatic carbocycles. The van der Waals surface area contributed by atoms with Gasteiger partial charge in [-0.25, -0.2) is 9.67 Å². The monoisotopic (exact) mass is 275 g/mol. The number of likely N-dealkylation sites (N-methyl/N-ethyl adjacent to an activating group) is 1. The second-order valence-electron chi connectivity index (χ2n) is 4.64. The van der Waals surface area contributed by atoms with E-state index in [9.17, 15) is 0 Å². The van der Waals surface area contributed by atoms with Gasteiger partial charge in [0.25, 0.3) is 0 Å². The highest BCUT2D eigenvalue weighted by Crippen LogP contribution is 2.18. The number of nitrogens with one attached hydrogen (secondary N) is 1.